The topological polar surface area (TPSA) is 72.6 Å². The quantitative estimate of drug-likeness (QED) is 0.249. The maximum absolute atomic E-state index is 12.8. The van der Waals surface area contributed by atoms with Crippen LogP contribution in [-0.4, -0.2) is 19.2 Å². The van der Waals surface area contributed by atoms with Crippen molar-refractivity contribution in [2.45, 2.75) is 13.1 Å². The molecule has 0 aliphatic heterocycles. The zero-order valence-electron chi connectivity index (χ0n) is 16.6. The molecule has 0 aliphatic carbocycles. The van der Waals surface area contributed by atoms with E-state index in [1.165, 1.54) is 0 Å². The van der Waals surface area contributed by atoms with Gasteiger partial charge in [-0.3, -0.25) is 9.36 Å². The lowest BCUT2D eigenvalue weighted by atomic mass is 10.0. The Labute approximate surface area is 171 Å². The van der Waals surface area contributed by atoms with Gasteiger partial charge in [0.25, 0.3) is 5.91 Å². The van der Waals surface area contributed by atoms with E-state index < -0.39 is 7.37 Å². The third-order valence-corrected chi connectivity index (χ3v) is 6.27. The molecule has 6 heteroatoms. The maximum Gasteiger partial charge on any atom is 0.272 e. The van der Waals surface area contributed by atoms with E-state index in [-0.39, 0.29) is 5.91 Å². The molecule has 0 spiro atoms. The summed E-state index contributed by atoms with van der Waals surface area (Å²) in [6, 6.07) is 24.4. The Morgan fingerprint density at radius 1 is 0.966 bits per heavy atom. The average molecular weight is 408 g/mol. The van der Waals surface area contributed by atoms with E-state index >= 15 is 0 Å². The second kappa shape index (κ2) is 9.19. The minimum absolute atomic E-state index is 0.314. The van der Waals surface area contributed by atoms with Crippen LogP contribution in [0.2, 0.25) is 0 Å². The Kier molecular flexibility index (Phi) is 6.65. The molecule has 1 unspecified atom stereocenters. The molecule has 1 amide bonds. The second-order valence-electron chi connectivity index (χ2n) is 6.88. The van der Waals surface area contributed by atoms with Crippen molar-refractivity contribution in [2.24, 2.45) is 5.84 Å². The fraction of sp³-hybridized carbons (Fsp3) is 0.174. The number of hydrogen-bond acceptors (Lipinski definition) is 4. The third kappa shape index (κ3) is 5.42. The predicted octanol–water partition coefficient (Wildman–Crippen LogP) is 5.32. The van der Waals surface area contributed by atoms with E-state index in [0.717, 1.165) is 21.7 Å². The number of carbonyl (C=O) groups is 1. The summed E-state index contributed by atoms with van der Waals surface area (Å²) in [6.45, 7) is 3.85. The van der Waals surface area contributed by atoms with Gasteiger partial charge in [0.1, 0.15) is 0 Å². The van der Waals surface area contributed by atoms with Gasteiger partial charge in [0.15, 0.2) is 0 Å². The van der Waals surface area contributed by atoms with Crippen LogP contribution in [-0.2, 0) is 15.3 Å². The largest absolute Gasteiger partial charge is 0.329 e. The van der Waals surface area contributed by atoms with Crippen molar-refractivity contribution in [3.8, 4) is 11.1 Å². The highest BCUT2D eigenvalue weighted by Crippen LogP contribution is 2.46. The molecule has 0 saturated heterocycles. The first kappa shape index (κ1) is 21.0. The summed E-state index contributed by atoms with van der Waals surface area (Å²) in [6.07, 6.45) is 0.334. The number of nitrogens with zero attached hydrogens (tertiary/aromatic N) is 1. The Balaban J connectivity index is 1.76. The zero-order valence-corrected chi connectivity index (χ0v) is 17.5. The number of hydrazine groups is 1. The van der Waals surface area contributed by atoms with Gasteiger partial charge < -0.3 is 4.52 Å². The van der Waals surface area contributed by atoms with Crippen molar-refractivity contribution in [1.29, 1.82) is 0 Å². The van der Waals surface area contributed by atoms with Crippen LogP contribution in [0.25, 0.3) is 11.1 Å². The molecule has 1 atom stereocenters. The molecule has 29 heavy (non-hydrogen) atoms. The molecular formula is C23H25N2O3P. The first-order chi connectivity index (χ1) is 13.9. The number of anilines is 1. The molecule has 3 rings (SSSR count). The molecule has 0 heterocycles. The highest BCUT2D eigenvalue weighted by atomic mass is 31.2. The van der Waals surface area contributed by atoms with Gasteiger partial charge in [0.05, 0.1) is 12.3 Å². The molecule has 0 radical (unpaired) electrons. The molecule has 2 N–H and O–H groups in total. The summed E-state index contributed by atoms with van der Waals surface area (Å²) in [4.78, 5) is 12.8. The molecule has 3 aromatic carbocycles. The Morgan fingerprint density at radius 3 is 2.28 bits per heavy atom. The number of benzene rings is 3. The number of carbonyl (C=O) groups excluding carboxylic acids is 1. The summed E-state index contributed by atoms with van der Waals surface area (Å²) in [5, 5.41) is 1.15. The van der Waals surface area contributed by atoms with Crippen molar-refractivity contribution in [3.05, 3.63) is 90.0 Å². The monoisotopic (exact) mass is 408 g/mol. The van der Waals surface area contributed by atoms with Crippen LogP contribution in [0.1, 0.15) is 22.8 Å². The van der Waals surface area contributed by atoms with Crippen LogP contribution in [0.3, 0.4) is 0 Å². The lowest BCUT2D eigenvalue weighted by molar-refractivity contribution is 0.0987. The van der Waals surface area contributed by atoms with E-state index in [0.29, 0.717) is 24.0 Å². The lowest BCUT2D eigenvalue weighted by Crippen LogP contribution is -2.37. The van der Waals surface area contributed by atoms with Gasteiger partial charge in [-0.25, -0.2) is 10.9 Å². The summed E-state index contributed by atoms with van der Waals surface area (Å²) in [7, 11) is -2.68. The van der Waals surface area contributed by atoms with Gasteiger partial charge in [-0.05, 0) is 47.9 Å². The molecule has 0 bridgehead atoms. The Bertz CT molecular complexity index is 1020. The van der Waals surface area contributed by atoms with Gasteiger partial charge in [-0.1, -0.05) is 54.6 Å². The highest BCUT2D eigenvalue weighted by molar-refractivity contribution is 7.57. The second-order valence-corrected chi connectivity index (χ2v) is 9.48. The van der Waals surface area contributed by atoms with Gasteiger partial charge in [0.2, 0.25) is 7.37 Å². The summed E-state index contributed by atoms with van der Waals surface area (Å²) in [5.74, 6) is 5.80. The molecule has 5 nitrogen and oxygen atoms in total. The van der Waals surface area contributed by atoms with E-state index in [2.05, 4.69) is 0 Å². The van der Waals surface area contributed by atoms with Crippen LogP contribution in [0.4, 0.5) is 5.69 Å². The van der Waals surface area contributed by atoms with Crippen LogP contribution < -0.4 is 10.9 Å². The number of amides is 1. The van der Waals surface area contributed by atoms with Crippen molar-refractivity contribution in [2.75, 3.05) is 18.3 Å². The van der Waals surface area contributed by atoms with Crippen LogP contribution in [0.5, 0.6) is 0 Å². The van der Waals surface area contributed by atoms with E-state index in [1.807, 2.05) is 55.5 Å². The average Bonchev–Trinajstić information content (AvgIpc) is 2.73. The van der Waals surface area contributed by atoms with E-state index in [4.69, 9.17) is 10.4 Å². The smallest absolute Gasteiger partial charge is 0.272 e. The zero-order chi connectivity index (χ0) is 20.9. The highest BCUT2D eigenvalue weighted by Gasteiger charge is 2.18. The van der Waals surface area contributed by atoms with Crippen LogP contribution >= 0.6 is 7.37 Å². The van der Waals surface area contributed by atoms with Crippen molar-refractivity contribution >= 4 is 19.0 Å². The standard InChI is InChI=1S/C23H25N2O3P/c1-3-28-29(2,27)17-18-12-14-20(15-13-18)23(26)25(24)22-11-7-10-21(16-22)19-8-5-4-6-9-19/h4-16H,3,17,24H2,1-2H3. The van der Waals surface area contributed by atoms with E-state index in [9.17, 15) is 9.36 Å². The Hall–Kier alpha value is -2.72. The maximum atomic E-state index is 12.8. The van der Waals surface area contributed by atoms with Crippen molar-refractivity contribution < 1.29 is 13.9 Å². The molecule has 3 aromatic rings. The van der Waals surface area contributed by atoms with Gasteiger partial charge in [-0.2, -0.15) is 0 Å². The fourth-order valence-electron chi connectivity index (χ4n) is 3.13. The minimum Gasteiger partial charge on any atom is -0.329 e. The molecular weight excluding hydrogens is 383 g/mol. The van der Waals surface area contributed by atoms with Crippen molar-refractivity contribution in [1.82, 2.24) is 0 Å². The summed E-state index contributed by atoms with van der Waals surface area (Å²) < 4.78 is 17.6. The number of nitrogens with two attached hydrogens (primary N) is 1. The molecule has 0 aliphatic rings. The molecule has 150 valence electrons. The first-order valence-electron chi connectivity index (χ1n) is 9.44. The van der Waals surface area contributed by atoms with Gasteiger partial charge in [-0.15, -0.1) is 0 Å². The lowest BCUT2D eigenvalue weighted by Gasteiger charge is -2.18. The molecule has 0 saturated carbocycles. The van der Waals surface area contributed by atoms with Crippen LogP contribution in [0, 0.1) is 0 Å². The van der Waals surface area contributed by atoms with Gasteiger partial charge >= 0.3 is 0 Å². The van der Waals surface area contributed by atoms with E-state index in [1.54, 1.807) is 37.0 Å². The minimum atomic E-state index is -2.68. The number of rotatable bonds is 7. The first-order valence-corrected chi connectivity index (χ1v) is 11.7. The fourth-order valence-corrected chi connectivity index (χ4v) is 4.64. The van der Waals surface area contributed by atoms with Gasteiger partial charge in [0, 0.05) is 18.4 Å². The normalized spacial score (nSPS) is 12.9. The summed E-state index contributed by atoms with van der Waals surface area (Å²) >= 11 is 0. The summed E-state index contributed by atoms with van der Waals surface area (Å²) in [5.41, 5.74) is 3.96. The van der Waals surface area contributed by atoms with Crippen molar-refractivity contribution in [3.63, 3.8) is 0 Å². The predicted molar refractivity (Wildman–Crippen MR) is 118 cm³/mol. The Morgan fingerprint density at radius 2 is 1.62 bits per heavy atom. The molecule has 0 aromatic heterocycles. The SMILES string of the molecule is CCOP(C)(=O)Cc1ccc(C(=O)N(N)c2cccc(-c3ccccc3)c2)cc1. The molecule has 0 fully saturated rings. The number of hydrogen-bond donors (Lipinski definition) is 1. The van der Waals surface area contributed by atoms with Crippen LogP contribution in [0.15, 0.2) is 78.9 Å². The third-order valence-electron chi connectivity index (χ3n) is 4.52.